The standard InChI is InChI=1S/C25H36N4O4S/c1-3-29-20(16-27-11-7-12-28(14-13-27)23(30)18-8-5-6-9-18)21(24(31)33-4-2)22(26-25(29)32)19-10-15-34-17-19/h10,15,17-18,22H,3-9,11-14,16H2,1-2H3,(H,26,32). The lowest BCUT2D eigenvalue weighted by atomic mass is 9.96. The zero-order valence-corrected chi connectivity index (χ0v) is 21.1. The van der Waals surface area contributed by atoms with Gasteiger partial charge in [0.1, 0.15) is 0 Å². The van der Waals surface area contributed by atoms with Gasteiger partial charge in [-0.1, -0.05) is 12.8 Å². The second-order valence-corrected chi connectivity index (χ2v) is 9.98. The molecule has 1 aromatic rings. The normalized spacial score (nSPS) is 22.6. The molecular formula is C25H36N4O4S. The maximum absolute atomic E-state index is 13.2. The lowest BCUT2D eigenvalue weighted by Gasteiger charge is -2.37. The molecule has 3 amide bonds. The second-order valence-electron chi connectivity index (χ2n) is 9.20. The number of nitrogens with one attached hydrogen (secondary N) is 1. The summed E-state index contributed by atoms with van der Waals surface area (Å²) in [5.41, 5.74) is 2.10. The number of rotatable bonds is 7. The van der Waals surface area contributed by atoms with Gasteiger partial charge < -0.3 is 15.0 Å². The third kappa shape index (κ3) is 5.30. The number of carbonyl (C=O) groups is 3. The first kappa shape index (κ1) is 24.7. The summed E-state index contributed by atoms with van der Waals surface area (Å²) in [5, 5.41) is 6.91. The van der Waals surface area contributed by atoms with E-state index in [1.807, 2.05) is 28.7 Å². The number of ether oxygens (including phenoxy) is 1. The zero-order chi connectivity index (χ0) is 24.1. The number of nitrogens with zero attached hydrogens (tertiary/aromatic N) is 3. The van der Waals surface area contributed by atoms with E-state index in [1.54, 1.807) is 11.8 Å². The Bertz CT molecular complexity index is 910. The highest BCUT2D eigenvalue weighted by molar-refractivity contribution is 7.08. The number of amides is 3. The van der Waals surface area contributed by atoms with E-state index in [2.05, 4.69) is 10.2 Å². The van der Waals surface area contributed by atoms with Crippen molar-refractivity contribution in [3.63, 3.8) is 0 Å². The molecule has 4 rings (SSSR count). The van der Waals surface area contributed by atoms with E-state index in [0.717, 1.165) is 57.3 Å². The predicted octanol–water partition coefficient (Wildman–Crippen LogP) is 3.38. The van der Waals surface area contributed by atoms with E-state index in [0.29, 0.717) is 36.8 Å². The van der Waals surface area contributed by atoms with Crippen LogP contribution in [0.3, 0.4) is 0 Å². The van der Waals surface area contributed by atoms with Gasteiger partial charge in [-0.25, -0.2) is 9.59 Å². The Kier molecular flexibility index (Phi) is 8.26. The van der Waals surface area contributed by atoms with Crippen LogP contribution >= 0.6 is 11.3 Å². The van der Waals surface area contributed by atoms with Crippen LogP contribution in [0.1, 0.15) is 57.6 Å². The predicted molar refractivity (Wildman–Crippen MR) is 131 cm³/mol. The van der Waals surface area contributed by atoms with Gasteiger partial charge in [-0.3, -0.25) is 14.6 Å². The number of likely N-dealkylation sites (N-methyl/N-ethyl adjacent to an activating group) is 1. The monoisotopic (exact) mass is 488 g/mol. The number of carbonyl (C=O) groups excluding carboxylic acids is 3. The van der Waals surface area contributed by atoms with Gasteiger partial charge in [0.15, 0.2) is 0 Å². The summed E-state index contributed by atoms with van der Waals surface area (Å²) in [6, 6.07) is 1.21. The number of esters is 1. The van der Waals surface area contributed by atoms with Crippen molar-refractivity contribution < 1.29 is 19.1 Å². The van der Waals surface area contributed by atoms with Gasteiger partial charge in [-0.2, -0.15) is 11.3 Å². The van der Waals surface area contributed by atoms with Gasteiger partial charge in [-0.05, 0) is 55.5 Å². The van der Waals surface area contributed by atoms with Crippen molar-refractivity contribution in [3.05, 3.63) is 33.7 Å². The van der Waals surface area contributed by atoms with Gasteiger partial charge in [0, 0.05) is 50.9 Å². The Morgan fingerprint density at radius 1 is 1.12 bits per heavy atom. The van der Waals surface area contributed by atoms with E-state index >= 15 is 0 Å². The van der Waals surface area contributed by atoms with Gasteiger partial charge >= 0.3 is 12.0 Å². The number of thiophene rings is 1. The van der Waals surface area contributed by atoms with Gasteiger partial charge in [0.25, 0.3) is 0 Å². The van der Waals surface area contributed by atoms with Crippen LogP contribution in [0.4, 0.5) is 4.79 Å². The van der Waals surface area contributed by atoms with E-state index in [9.17, 15) is 14.4 Å². The molecule has 1 aliphatic carbocycles. The topological polar surface area (TPSA) is 82.2 Å². The van der Waals surface area contributed by atoms with Crippen molar-refractivity contribution >= 4 is 29.2 Å². The minimum atomic E-state index is -0.525. The maximum Gasteiger partial charge on any atom is 0.338 e. The number of urea groups is 1. The van der Waals surface area contributed by atoms with Crippen molar-refractivity contribution in [3.8, 4) is 0 Å². The highest BCUT2D eigenvalue weighted by Crippen LogP contribution is 2.33. The molecule has 1 aromatic heterocycles. The summed E-state index contributed by atoms with van der Waals surface area (Å²) < 4.78 is 5.44. The van der Waals surface area contributed by atoms with Crippen molar-refractivity contribution in [1.29, 1.82) is 0 Å². The van der Waals surface area contributed by atoms with Crippen molar-refractivity contribution in [1.82, 2.24) is 20.0 Å². The van der Waals surface area contributed by atoms with Crippen LogP contribution in [0.5, 0.6) is 0 Å². The first-order chi connectivity index (χ1) is 16.5. The van der Waals surface area contributed by atoms with E-state index < -0.39 is 6.04 Å². The lowest BCUT2D eigenvalue weighted by Crippen LogP contribution is -2.51. The van der Waals surface area contributed by atoms with Crippen molar-refractivity contribution in [2.45, 2.75) is 52.0 Å². The van der Waals surface area contributed by atoms with Crippen LogP contribution in [0.15, 0.2) is 28.1 Å². The minimum Gasteiger partial charge on any atom is -0.463 e. The van der Waals surface area contributed by atoms with Crippen LogP contribution in [0, 0.1) is 5.92 Å². The number of hydrogen-bond donors (Lipinski definition) is 1. The van der Waals surface area contributed by atoms with Crippen molar-refractivity contribution in [2.24, 2.45) is 5.92 Å². The fourth-order valence-electron chi connectivity index (χ4n) is 5.34. The average molecular weight is 489 g/mol. The van der Waals surface area contributed by atoms with E-state index in [1.165, 1.54) is 11.3 Å². The van der Waals surface area contributed by atoms with E-state index in [-0.39, 0.29) is 24.5 Å². The Hall–Kier alpha value is -2.39. The lowest BCUT2D eigenvalue weighted by molar-refractivity contribution is -0.139. The van der Waals surface area contributed by atoms with Crippen molar-refractivity contribution in [2.75, 3.05) is 45.9 Å². The molecule has 3 heterocycles. The summed E-state index contributed by atoms with van der Waals surface area (Å²) >= 11 is 1.53. The molecule has 2 aliphatic heterocycles. The fraction of sp³-hybridized carbons (Fsp3) is 0.640. The van der Waals surface area contributed by atoms with Gasteiger partial charge in [0.05, 0.1) is 18.2 Å². The summed E-state index contributed by atoms with van der Waals surface area (Å²) in [7, 11) is 0. The highest BCUT2D eigenvalue weighted by atomic mass is 32.1. The molecule has 0 bridgehead atoms. The molecule has 1 saturated carbocycles. The Labute approximate surface area is 205 Å². The molecule has 0 spiro atoms. The van der Waals surface area contributed by atoms with Crippen LogP contribution < -0.4 is 5.32 Å². The SMILES string of the molecule is CCOC(=O)C1=C(CN2CCCN(C(=O)C3CCCC3)CC2)N(CC)C(=O)NC1c1ccsc1. The first-order valence-corrected chi connectivity index (χ1v) is 13.5. The smallest absolute Gasteiger partial charge is 0.338 e. The van der Waals surface area contributed by atoms with Gasteiger partial charge in [-0.15, -0.1) is 0 Å². The van der Waals surface area contributed by atoms with Gasteiger partial charge in [0.2, 0.25) is 5.91 Å². The third-order valence-corrected chi connectivity index (χ3v) is 7.81. The molecule has 34 heavy (non-hydrogen) atoms. The molecular weight excluding hydrogens is 452 g/mol. The maximum atomic E-state index is 13.2. The molecule has 0 radical (unpaired) electrons. The first-order valence-electron chi connectivity index (χ1n) is 12.5. The van der Waals surface area contributed by atoms with Crippen LogP contribution in [-0.2, 0) is 14.3 Å². The molecule has 2 fully saturated rings. The summed E-state index contributed by atoms with van der Waals surface area (Å²) in [6.07, 6.45) is 5.22. The largest absolute Gasteiger partial charge is 0.463 e. The van der Waals surface area contributed by atoms with Crippen LogP contribution in [0.25, 0.3) is 0 Å². The molecule has 186 valence electrons. The fourth-order valence-corrected chi connectivity index (χ4v) is 6.03. The second kappa shape index (κ2) is 11.4. The van der Waals surface area contributed by atoms with E-state index in [4.69, 9.17) is 4.74 Å². The molecule has 0 aromatic carbocycles. The highest BCUT2D eigenvalue weighted by Gasteiger charge is 2.38. The average Bonchev–Trinajstić information content (AvgIpc) is 3.51. The quantitative estimate of drug-likeness (QED) is 0.595. The number of hydrogen-bond acceptors (Lipinski definition) is 6. The van der Waals surface area contributed by atoms with Crippen LogP contribution in [-0.4, -0.2) is 78.5 Å². The Morgan fingerprint density at radius 2 is 1.91 bits per heavy atom. The van der Waals surface area contributed by atoms with Crippen LogP contribution in [0.2, 0.25) is 0 Å². The summed E-state index contributed by atoms with van der Waals surface area (Å²) in [4.78, 5) is 45.1. The molecule has 1 atom stereocenters. The third-order valence-electron chi connectivity index (χ3n) is 7.10. The zero-order valence-electron chi connectivity index (χ0n) is 20.3. The summed E-state index contributed by atoms with van der Waals surface area (Å²) in [6.45, 7) is 7.90. The Balaban J connectivity index is 1.58. The molecule has 1 unspecified atom stereocenters. The molecule has 3 aliphatic rings. The molecule has 1 N–H and O–H groups in total. The Morgan fingerprint density at radius 3 is 2.59 bits per heavy atom. The molecule has 9 heteroatoms. The molecule has 8 nitrogen and oxygen atoms in total. The minimum absolute atomic E-state index is 0.189. The summed E-state index contributed by atoms with van der Waals surface area (Å²) in [5.74, 6) is 0.101. The molecule has 1 saturated heterocycles.